The summed E-state index contributed by atoms with van der Waals surface area (Å²) in [5.74, 6) is -0.143. The van der Waals surface area contributed by atoms with E-state index >= 15 is 0 Å². The van der Waals surface area contributed by atoms with E-state index in [1.165, 1.54) is 13.3 Å². The molecule has 0 atom stereocenters. The van der Waals surface area contributed by atoms with Crippen LogP contribution in [0.5, 0.6) is 5.75 Å². The molecular weight excluding hydrogens is 432 g/mol. The molecule has 2 N–H and O–H groups in total. The molecule has 4 rings (SSSR count). The van der Waals surface area contributed by atoms with Crippen molar-refractivity contribution in [2.75, 3.05) is 7.11 Å². The Hall–Kier alpha value is -4.72. The van der Waals surface area contributed by atoms with Gasteiger partial charge in [-0.25, -0.2) is 10.2 Å². The van der Waals surface area contributed by atoms with Gasteiger partial charge in [-0.2, -0.15) is 10.2 Å². The number of aromatic nitrogens is 2. The number of H-pyrrole nitrogens is 1. The molecule has 4 aromatic rings. The van der Waals surface area contributed by atoms with Crippen LogP contribution in [-0.2, 0) is 11.3 Å². The van der Waals surface area contributed by atoms with E-state index in [0.29, 0.717) is 29.2 Å². The van der Waals surface area contributed by atoms with E-state index < -0.39 is 11.9 Å². The van der Waals surface area contributed by atoms with Crippen molar-refractivity contribution in [1.29, 1.82) is 0 Å². The molecule has 0 spiro atoms. The number of carbonyl (C=O) groups is 2. The van der Waals surface area contributed by atoms with Crippen molar-refractivity contribution in [1.82, 2.24) is 15.6 Å². The second kappa shape index (κ2) is 10.7. The Bertz CT molecular complexity index is 1300. The first-order chi connectivity index (χ1) is 16.6. The standard InChI is InChI=1S/C26H22N4O4/c1-33-26(32)20-12-10-18(11-13-20)16-27-30-25(31)24-15-23(28-29-24)21-8-5-9-22(14-21)34-17-19-6-3-2-4-7-19/h2-16H,17H2,1H3,(H,28,29)(H,30,31)/b27-16-. The van der Waals surface area contributed by atoms with Crippen LogP contribution in [0.15, 0.2) is 90.0 Å². The summed E-state index contributed by atoms with van der Waals surface area (Å²) < 4.78 is 10.5. The summed E-state index contributed by atoms with van der Waals surface area (Å²) in [6, 6.07) is 25.7. The fourth-order valence-corrected chi connectivity index (χ4v) is 3.12. The Balaban J connectivity index is 1.35. The predicted octanol–water partition coefficient (Wildman–Crippen LogP) is 4.21. The van der Waals surface area contributed by atoms with Crippen LogP contribution in [0.25, 0.3) is 11.3 Å². The second-order valence-electron chi connectivity index (χ2n) is 7.28. The molecule has 1 aromatic heterocycles. The van der Waals surface area contributed by atoms with Crippen LogP contribution in [0.2, 0.25) is 0 Å². The van der Waals surface area contributed by atoms with Crippen LogP contribution >= 0.6 is 0 Å². The van der Waals surface area contributed by atoms with Crippen LogP contribution in [0.1, 0.15) is 32.0 Å². The first-order valence-electron chi connectivity index (χ1n) is 10.5. The van der Waals surface area contributed by atoms with E-state index in [1.54, 1.807) is 30.3 Å². The molecule has 0 fully saturated rings. The summed E-state index contributed by atoms with van der Waals surface area (Å²) in [5.41, 5.74) is 6.37. The molecule has 0 aliphatic carbocycles. The molecule has 0 aliphatic rings. The molecule has 0 saturated carbocycles. The maximum Gasteiger partial charge on any atom is 0.337 e. The average molecular weight is 454 g/mol. The molecule has 0 radical (unpaired) electrons. The molecule has 0 aliphatic heterocycles. The molecule has 0 bridgehead atoms. The highest BCUT2D eigenvalue weighted by molar-refractivity contribution is 5.94. The Morgan fingerprint density at radius 1 is 1.00 bits per heavy atom. The van der Waals surface area contributed by atoms with E-state index in [-0.39, 0.29) is 5.69 Å². The number of rotatable bonds is 8. The minimum atomic E-state index is -0.433. The zero-order valence-corrected chi connectivity index (χ0v) is 18.4. The van der Waals surface area contributed by atoms with E-state index in [0.717, 1.165) is 11.1 Å². The van der Waals surface area contributed by atoms with Gasteiger partial charge in [0.05, 0.1) is 24.6 Å². The summed E-state index contributed by atoms with van der Waals surface area (Å²) in [5, 5.41) is 10.9. The number of methoxy groups -OCH3 is 1. The fourth-order valence-electron chi connectivity index (χ4n) is 3.12. The third-order valence-electron chi connectivity index (χ3n) is 4.91. The summed E-state index contributed by atoms with van der Waals surface area (Å²) >= 11 is 0. The lowest BCUT2D eigenvalue weighted by molar-refractivity contribution is 0.0600. The van der Waals surface area contributed by atoms with Gasteiger partial charge >= 0.3 is 5.97 Å². The van der Waals surface area contributed by atoms with Crippen molar-refractivity contribution in [3.63, 3.8) is 0 Å². The summed E-state index contributed by atoms with van der Waals surface area (Å²) in [6.45, 7) is 0.460. The number of benzene rings is 3. The van der Waals surface area contributed by atoms with Crippen molar-refractivity contribution in [3.8, 4) is 17.0 Å². The zero-order valence-electron chi connectivity index (χ0n) is 18.4. The van der Waals surface area contributed by atoms with Crippen molar-refractivity contribution in [2.45, 2.75) is 6.61 Å². The van der Waals surface area contributed by atoms with Crippen LogP contribution in [0, 0.1) is 0 Å². The Kier molecular flexibility index (Phi) is 7.09. The highest BCUT2D eigenvalue weighted by atomic mass is 16.5. The molecule has 8 nitrogen and oxygen atoms in total. The normalized spacial score (nSPS) is 10.7. The number of hydrogen-bond donors (Lipinski definition) is 2. The van der Waals surface area contributed by atoms with Gasteiger partial charge in [-0.1, -0.05) is 54.6 Å². The molecule has 0 unspecified atom stereocenters. The van der Waals surface area contributed by atoms with E-state index in [9.17, 15) is 9.59 Å². The van der Waals surface area contributed by atoms with Crippen LogP contribution in [0.4, 0.5) is 0 Å². The SMILES string of the molecule is COC(=O)c1ccc(/C=N\NC(=O)c2cc(-c3cccc(OCc4ccccc4)c3)n[nH]2)cc1. The number of amides is 1. The largest absolute Gasteiger partial charge is 0.489 e. The molecule has 3 aromatic carbocycles. The zero-order chi connectivity index (χ0) is 23.8. The number of nitrogens with one attached hydrogen (secondary N) is 2. The van der Waals surface area contributed by atoms with Gasteiger partial charge in [0.1, 0.15) is 18.1 Å². The molecular formula is C26H22N4O4. The second-order valence-corrected chi connectivity index (χ2v) is 7.28. The van der Waals surface area contributed by atoms with Gasteiger partial charge in [0.2, 0.25) is 0 Å². The lowest BCUT2D eigenvalue weighted by Crippen LogP contribution is -2.18. The van der Waals surface area contributed by atoms with Crippen molar-refractivity contribution >= 4 is 18.1 Å². The van der Waals surface area contributed by atoms with Gasteiger partial charge in [0.25, 0.3) is 5.91 Å². The highest BCUT2D eigenvalue weighted by Crippen LogP contribution is 2.23. The third-order valence-corrected chi connectivity index (χ3v) is 4.91. The number of hydrazone groups is 1. The number of carbonyl (C=O) groups excluding carboxylic acids is 2. The minimum Gasteiger partial charge on any atom is -0.489 e. The summed E-state index contributed by atoms with van der Waals surface area (Å²) in [7, 11) is 1.32. The van der Waals surface area contributed by atoms with E-state index in [2.05, 4.69) is 25.5 Å². The highest BCUT2D eigenvalue weighted by Gasteiger charge is 2.11. The number of nitrogens with zero attached hydrogens (tertiary/aromatic N) is 2. The molecule has 1 amide bonds. The lowest BCUT2D eigenvalue weighted by atomic mass is 10.1. The van der Waals surface area contributed by atoms with Gasteiger partial charge in [0, 0.05) is 5.56 Å². The van der Waals surface area contributed by atoms with E-state index in [1.807, 2.05) is 54.6 Å². The Morgan fingerprint density at radius 3 is 2.56 bits per heavy atom. The topological polar surface area (TPSA) is 106 Å². The molecule has 8 heteroatoms. The lowest BCUT2D eigenvalue weighted by Gasteiger charge is -2.07. The van der Waals surface area contributed by atoms with Crippen LogP contribution in [-0.4, -0.2) is 35.4 Å². The minimum absolute atomic E-state index is 0.267. The maximum atomic E-state index is 12.4. The first kappa shape index (κ1) is 22.5. The quantitative estimate of drug-likeness (QED) is 0.236. The molecule has 0 saturated heterocycles. The smallest absolute Gasteiger partial charge is 0.337 e. The fraction of sp³-hybridized carbons (Fsp3) is 0.0769. The first-order valence-corrected chi connectivity index (χ1v) is 10.5. The molecule has 170 valence electrons. The monoisotopic (exact) mass is 454 g/mol. The molecule has 1 heterocycles. The number of ether oxygens (including phenoxy) is 2. The molecule has 34 heavy (non-hydrogen) atoms. The van der Waals surface area contributed by atoms with Crippen LogP contribution in [0.3, 0.4) is 0 Å². The summed E-state index contributed by atoms with van der Waals surface area (Å²) in [6.07, 6.45) is 1.48. The van der Waals surface area contributed by atoms with Crippen molar-refractivity contribution in [2.24, 2.45) is 5.10 Å². The predicted molar refractivity (Wildman–Crippen MR) is 128 cm³/mol. The average Bonchev–Trinajstić information content (AvgIpc) is 3.39. The maximum absolute atomic E-state index is 12.4. The van der Waals surface area contributed by atoms with Gasteiger partial charge in [-0.3, -0.25) is 9.89 Å². The van der Waals surface area contributed by atoms with Gasteiger partial charge in [-0.05, 0) is 41.5 Å². The number of aromatic amines is 1. The van der Waals surface area contributed by atoms with Crippen molar-refractivity contribution < 1.29 is 19.1 Å². The Labute approximate surface area is 196 Å². The van der Waals surface area contributed by atoms with Gasteiger partial charge in [-0.15, -0.1) is 0 Å². The number of esters is 1. The summed E-state index contributed by atoms with van der Waals surface area (Å²) in [4.78, 5) is 23.9. The van der Waals surface area contributed by atoms with Crippen molar-refractivity contribution in [3.05, 3.63) is 107 Å². The van der Waals surface area contributed by atoms with Gasteiger partial charge < -0.3 is 9.47 Å². The number of hydrogen-bond acceptors (Lipinski definition) is 6. The third kappa shape index (κ3) is 5.74. The van der Waals surface area contributed by atoms with Gasteiger partial charge in [0.15, 0.2) is 0 Å². The van der Waals surface area contributed by atoms with Crippen LogP contribution < -0.4 is 10.2 Å². The Morgan fingerprint density at radius 2 is 1.79 bits per heavy atom. The van der Waals surface area contributed by atoms with E-state index in [4.69, 9.17) is 4.74 Å².